The summed E-state index contributed by atoms with van der Waals surface area (Å²) >= 11 is 0. The van der Waals surface area contributed by atoms with Gasteiger partial charge in [-0.1, -0.05) is 26.3 Å². The highest BCUT2D eigenvalue weighted by molar-refractivity contribution is 5.90. The average molecular weight is 264 g/mol. The first-order chi connectivity index (χ1) is 9.15. The number of ether oxygens (including phenoxy) is 1. The van der Waals surface area contributed by atoms with Crippen molar-refractivity contribution in [2.24, 2.45) is 0 Å². The van der Waals surface area contributed by atoms with Crippen molar-refractivity contribution < 1.29 is 14.3 Å². The Morgan fingerprint density at radius 2 is 2.05 bits per heavy atom. The highest BCUT2D eigenvalue weighted by Gasteiger charge is 2.05. The van der Waals surface area contributed by atoms with E-state index in [9.17, 15) is 9.59 Å². The average Bonchev–Trinajstić information content (AvgIpc) is 2.39. The smallest absolute Gasteiger partial charge is 0.410 e. The maximum absolute atomic E-state index is 11.5. The minimum atomic E-state index is -0.479. The molecule has 1 rings (SSSR count). The van der Waals surface area contributed by atoms with E-state index in [0.29, 0.717) is 24.4 Å². The van der Waals surface area contributed by atoms with Crippen LogP contribution in [0.15, 0.2) is 24.3 Å². The second-order valence-corrected chi connectivity index (χ2v) is 4.10. The van der Waals surface area contributed by atoms with Gasteiger partial charge in [-0.25, -0.2) is 4.79 Å². The quantitative estimate of drug-likeness (QED) is 0.776. The molecule has 1 aromatic carbocycles. The number of unbranched alkanes of at least 4 members (excludes halogenated alkanes) is 1. The third-order valence-corrected chi connectivity index (χ3v) is 2.45. The molecule has 0 aliphatic carbocycles. The first kappa shape index (κ1) is 15.0. The molecule has 0 heterocycles. The van der Waals surface area contributed by atoms with Crippen LogP contribution in [0.5, 0.6) is 5.75 Å². The van der Waals surface area contributed by atoms with Gasteiger partial charge in [0.2, 0.25) is 5.91 Å². The van der Waals surface area contributed by atoms with Crippen LogP contribution in [0.2, 0.25) is 0 Å². The Balaban J connectivity index is 2.52. The van der Waals surface area contributed by atoms with Crippen LogP contribution in [0.4, 0.5) is 10.5 Å². The van der Waals surface area contributed by atoms with Gasteiger partial charge in [0.25, 0.3) is 0 Å². The third kappa shape index (κ3) is 5.90. The maximum Gasteiger partial charge on any atom is 0.412 e. The zero-order valence-corrected chi connectivity index (χ0v) is 11.4. The Morgan fingerprint density at radius 1 is 1.26 bits per heavy atom. The van der Waals surface area contributed by atoms with Crippen LogP contribution in [-0.2, 0) is 4.79 Å². The summed E-state index contributed by atoms with van der Waals surface area (Å²) in [5, 5.41) is 5.36. The van der Waals surface area contributed by atoms with E-state index in [0.717, 1.165) is 12.8 Å². The van der Waals surface area contributed by atoms with Gasteiger partial charge in [-0.3, -0.25) is 4.79 Å². The number of hydrogen-bond donors (Lipinski definition) is 2. The molecule has 0 saturated carbocycles. The minimum absolute atomic E-state index is 0.0791. The Hall–Kier alpha value is -2.04. The number of carbonyl (C=O) groups excluding carboxylic acids is 2. The van der Waals surface area contributed by atoms with Crippen molar-refractivity contribution in [2.75, 3.05) is 11.9 Å². The van der Waals surface area contributed by atoms with Crippen LogP contribution < -0.4 is 15.4 Å². The van der Waals surface area contributed by atoms with Gasteiger partial charge in [0.05, 0.1) is 0 Å². The lowest BCUT2D eigenvalue weighted by Gasteiger charge is -2.08. The lowest BCUT2D eigenvalue weighted by molar-refractivity contribution is -0.115. The molecule has 0 fully saturated rings. The van der Waals surface area contributed by atoms with E-state index in [4.69, 9.17) is 4.74 Å². The molecule has 19 heavy (non-hydrogen) atoms. The van der Waals surface area contributed by atoms with Gasteiger partial charge < -0.3 is 15.4 Å². The van der Waals surface area contributed by atoms with E-state index in [1.807, 2.05) is 6.92 Å². The summed E-state index contributed by atoms with van der Waals surface area (Å²) in [4.78, 5) is 22.7. The summed E-state index contributed by atoms with van der Waals surface area (Å²) < 4.78 is 5.12. The number of carbonyl (C=O) groups is 2. The molecule has 2 amide bonds. The lowest BCUT2D eigenvalue weighted by atomic mass is 10.3. The van der Waals surface area contributed by atoms with Crippen LogP contribution in [0.3, 0.4) is 0 Å². The molecule has 0 aliphatic rings. The Bertz CT molecular complexity index is 432. The molecular formula is C14H20N2O3. The molecule has 5 heteroatoms. The van der Waals surface area contributed by atoms with Crippen molar-refractivity contribution in [2.45, 2.75) is 33.1 Å². The topological polar surface area (TPSA) is 67.4 Å². The molecular weight excluding hydrogens is 244 g/mol. The Labute approximate surface area is 113 Å². The summed E-state index contributed by atoms with van der Waals surface area (Å²) in [6, 6.07) is 6.75. The predicted octanol–water partition coefficient (Wildman–Crippen LogP) is 2.92. The van der Waals surface area contributed by atoms with Gasteiger partial charge >= 0.3 is 6.09 Å². The number of hydrogen-bond acceptors (Lipinski definition) is 3. The summed E-state index contributed by atoms with van der Waals surface area (Å²) in [5.74, 6) is 0.326. The standard InChI is InChI=1S/C14H20N2O3/c1-3-5-9-15-14(18)19-12-8-6-7-11(10-12)16-13(17)4-2/h6-8,10H,3-5,9H2,1-2H3,(H,15,18)(H,16,17). The molecule has 0 bridgehead atoms. The normalized spacial score (nSPS) is 9.79. The molecule has 5 nitrogen and oxygen atoms in total. The van der Waals surface area contributed by atoms with Crippen molar-refractivity contribution in [3.05, 3.63) is 24.3 Å². The van der Waals surface area contributed by atoms with Crippen molar-refractivity contribution in [3.63, 3.8) is 0 Å². The molecule has 0 spiro atoms. The third-order valence-electron chi connectivity index (χ3n) is 2.45. The number of anilines is 1. The summed E-state index contributed by atoms with van der Waals surface area (Å²) in [7, 11) is 0. The summed E-state index contributed by atoms with van der Waals surface area (Å²) in [6.45, 7) is 4.42. The van der Waals surface area contributed by atoms with E-state index >= 15 is 0 Å². The van der Waals surface area contributed by atoms with Gasteiger partial charge in [0.15, 0.2) is 0 Å². The van der Waals surface area contributed by atoms with E-state index in [-0.39, 0.29) is 5.91 Å². The largest absolute Gasteiger partial charge is 0.412 e. The fourth-order valence-corrected chi connectivity index (χ4v) is 1.40. The van der Waals surface area contributed by atoms with Crippen molar-refractivity contribution in [1.29, 1.82) is 0 Å². The number of amides is 2. The lowest BCUT2D eigenvalue weighted by Crippen LogP contribution is -2.27. The maximum atomic E-state index is 11.5. The zero-order chi connectivity index (χ0) is 14.1. The Kier molecular flexibility index (Phi) is 6.43. The van der Waals surface area contributed by atoms with Gasteiger partial charge in [-0.05, 0) is 18.6 Å². The van der Waals surface area contributed by atoms with E-state index in [1.54, 1.807) is 31.2 Å². The van der Waals surface area contributed by atoms with Gasteiger partial charge in [-0.15, -0.1) is 0 Å². The molecule has 0 radical (unpaired) electrons. The molecule has 0 saturated heterocycles. The minimum Gasteiger partial charge on any atom is -0.410 e. The second-order valence-electron chi connectivity index (χ2n) is 4.10. The first-order valence-electron chi connectivity index (χ1n) is 6.51. The molecule has 0 aliphatic heterocycles. The molecule has 0 atom stereocenters. The van der Waals surface area contributed by atoms with Crippen LogP contribution in [0.25, 0.3) is 0 Å². The number of benzene rings is 1. The highest BCUT2D eigenvalue weighted by Crippen LogP contribution is 2.17. The molecule has 1 aromatic rings. The molecule has 0 unspecified atom stereocenters. The summed E-state index contributed by atoms with van der Waals surface area (Å²) in [6.07, 6.45) is 1.86. The van der Waals surface area contributed by atoms with Gasteiger partial charge in [-0.2, -0.15) is 0 Å². The highest BCUT2D eigenvalue weighted by atomic mass is 16.6. The van der Waals surface area contributed by atoms with Crippen LogP contribution in [0.1, 0.15) is 33.1 Å². The molecule has 0 aromatic heterocycles. The molecule has 2 N–H and O–H groups in total. The van der Waals surface area contributed by atoms with Crippen LogP contribution >= 0.6 is 0 Å². The second kappa shape index (κ2) is 8.13. The first-order valence-corrected chi connectivity index (χ1v) is 6.51. The zero-order valence-electron chi connectivity index (χ0n) is 11.4. The fourth-order valence-electron chi connectivity index (χ4n) is 1.40. The molecule has 104 valence electrons. The fraction of sp³-hybridized carbons (Fsp3) is 0.429. The van der Waals surface area contributed by atoms with Gasteiger partial charge in [0.1, 0.15) is 5.75 Å². The SMILES string of the molecule is CCCCNC(=O)Oc1cccc(NC(=O)CC)c1. The van der Waals surface area contributed by atoms with Crippen molar-refractivity contribution in [3.8, 4) is 5.75 Å². The van der Waals surface area contributed by atoms with Gasteiger partial charge in [0, 0.05) is 24.7 Å². The van der Waals surface area contributed by atoms with Crippen molar-refractivity contribution in [1.82, 2.24) is 5.32 Å². The predicted molar refractivity (Wildman–Crippen MR) is 74.3 cm³/mol. The van der Waals surface area contributed by atoms with Crippen LogP contribution in [0, 0.1) is 0 Å². The van der Waals surface area contributed by atoms with Crippen molar-refractivity contribution >= 4 is 17.7 Å². The monoisotopic (exact) mass is 264 g/mol. The summed E-state index contributed by atoms with van der Waals surface area (Å²) in [5.41, 5.74) is 0.616. The number of nitrogens with one attached hydrogen (secondary N) is 2. The van der Waals surface area contributed by atoms with Crippen LogP contribution in [-0.4, -0.2) is 18.5 Å². The Morgan fingerprint density at radius 3 is 2.74 bits per heavy atom. The van der Waals surface area contributed by atoms with E-state index in [2.05, 4.69) is 10.6 Å². The van der Waals surface area contributed by atoms with E-state index < -0.39 is 6.09 Å². The number of rotatable bonds is 6. The van der Waals surface area contributed by atoms with E-state index in [1.165, 1.54) is 0 Å².